The summed E-state index contributed by atoms with van der Waals surface area (Å²) in [6.07, 6.45) is 1.21. The molecule has 2 aromatic rings. The minimum absolute atomic E-state index is 0.113. The first-order valence-electron chi connectivity index (χ1n) is 5.83. The number of benzene rings is 1. The van der Waals surface area contributed by atoms with Crippen molar-refractivity contribution in [3.63, 3.8) is 0 Å². The minimum Gasteiger partial charge on any atom is -0.495 e. The summed E-state index contributed by atoms with van der Waals surface area (Å²) in [6.45, 7) is 1.68. The van der Waals surface area contributed by atoms with E-state index in [0.717, 1.165) is 0 Å². The van der Waals surface area contributed by atoms with Gasteiger partial charge in [-0.3, -0.25) is 4.72 Å². The van der Waals surface area contributed by atoms with Crippen molar-refractivity contribution in [3.8, 4) is 5.75 Å². The van der Waals surface area contributed by atoms with Crippen LogP contribution in [0.15, 0.2) is 40.0 Å². The first kappa shape index (κ1) is 14.9. The maximum absolute atomic E-state index is 12.1. The molecule has 0 unspecified atom stereocenters. The first-order chi connectivity index (χ1) is 9.85. The molecule has 1 heterocycles. The third-order valence-electron chi connectivity index (χ3n) is 2.69. The Morgan fingerprint density at radius 2 is 2.10 bits per heavy atom. The molecule has 0 fully saturated rings. The summed E-state index contributed by atoms with van der Waals surface area (Å²) in [5, 5.41) is 8.91. The van der Waals surface area contributed by atoms with Gasteiger partial charge in [0.05, 0.1) is 18.9 Å². The third kappa shape index (κ3) is 3.00. The van der Waals surface area contributed by atoms with Crippen molar-refractivity contribution in [1.29, 1.82) is 0 Å². The highest BCUT2D eigenvalue weighted by Gasteiger charge is 2.24. The van der Waals surface area contributed by atoms with Crippen LogP contribution in [0.5, 0.6) is 5.75 Å². The van der Waals surface area contributed by atoms with Crippen LogP contribution in [-0.2, 0) is 10.0 Å². The number of nitrogens with one attached hydrogen (secondary N) is 1. The summed E-state index contributed by atoms with van der Waals surface area (Å²) in [4.78, 5) is 11.3. The lowest BCUT2D eigenvalue weighted by Crippen LogP contribution is -2.16. The molecule has 2 rings (SSSR count). The SMILES string of the molecule is COc1cc(C)cc(C(=O)O)c1NS(=O)(=O)c1ccco1. The van der Waals surface area contributed by atoms with Gasteiger partial charge in [0.2, 0.25) is 5.09 Å². The number of aryl methyl sites for hydroxylation is 1. The topological polar surface area (TPSA) is 106 Å². The molecule has 21 heavy (non-hydrogen) atoms. The first-order valence-corrected chi connectivity index (χ1v) is 7.31. The van der Waals surface area contributed by atoms with Crippen molar-refractivity contribution in [2.75, 3.05) is 11.8 Å². The number of anilines is 1. The average Bonchev–Trinajstić information content (AvgIpc) is 2.94. The third-order valence-corrected chi connectivity index (χ3v) is 3.93. The molecule has 8 heteroatoms. The zero-order chi connectivity index (χ0) is 15.6. The Morgan fingerprint density at radius 1 is 1.38 bits per heavy atom. The van der Waals surface area contributed by atoms with Crippen LogP contribution in [0, 0.1) is 6.92 Å². The van der Waals surface area contributed by atoms with Crippen LogP contribution in [0.1, 0.15) is 15.9 Å². The van der Waals surface area contributed by atoms with Crippen LogP contribution >= 0.6 is 0 Å². The molecule has 0 aliphatic carbocycles. The van der Waals surface area contributed by atoms with Gasteiger partial charge in [-0.1, -0.05) is 0 Å². The molecule has 0 spiro atoms. The van der Waals surface area contributed by atoms with Crippen LogP contribution < -0.4 is 9.46 Å². The number of aromatic carboxylic acids is 1. The highest BCUT2D eigenvalue weighted by Crippen LogP contribution is 2.32. The summed E-state index contributed by atoms with van der Waals surface area (Å²) >= 11 is 0. The second-order valence-corrected chi connectivity index (χ2v) is 5.85. The zero-order valence-corrected chi connectivity index (χ0v) is 12.1. The lowest BCUT2D eigenvalue weighted by Gasteiger charge is -2.14. The number of carboxylic acids is 1. The van der Waals surface area contributed by atoms with Gasteiger partial charge in [0.1, 0.15) is 11.4 Å². The van der Waals surface area contributed by atoms with Gasteiger partial charge in [-0.05, 0) is 36.8 Å². The maximum Gasteiger partial charge on any atom is 0.337 e. The molecular weight excluding hydrogens is 298 g/mol. The van der Waals surface area contributed by atoms with E-state index in [2.05, 4.69) is 4.72 Å². The predicted octanol–water partition coefficient (Wildman–Crippen LogP) is 2.10. The molecule has 7 nitrogen and oxygen atoms in total. The van der Waals surface area contributed by atoms with E-state index in [1.807, 2.05) is 0 Å². The molecule has 1 aromatic carbocycles. The molecule has 0 amide bonds. The Hall–Kier alpha value is -2.48. The fraction of sp³-hybridized carbons (Fsp3) is 0.154. The van der Waals surface area contributed by atoms with E-state index in [9.17, 15) is 18.3 Å². The van der Waals surface area contributed by atoms with Crippen LogP contribution in [-0.4, -0.2) is 26.6 Å². The van der Waals surface area contributed by atoms with E-state index in [1.54, 1.807) is 6.92 Å². The smallest absolute Gasteiger partial charge is 0.337 e. The number of carboxylic acid groups (broad SMARTS) is 1. The maximum atomic E-state index is 12.1. The summed E-state index contributed by atoms with van der Waals surface area (Å²) in [6, 6.07) is 5.56. The second-order valence-electron chi connectivity index (χ2n) is 4.23. The van der Waals surface area contributed by atoms with Crippen LogP contribution in [0.2, 0.25) is 0 Å². The van der Waals surface area contributed by atoms with Crippen molar-refractivity contribution in [2.24, 2.45) is 0 Å². The highest BCUT2D eigenvalue weighted by molar-refractivity contribution is 7.92. The number of sulfonamides is 1. The van der Waals surface area contributed by atoms with Crippen LogP contribution in [0.25, 0.3) is 0 Å². The molecule has 1 aromatic heterocycles. The standard InChI is InChI=1S/C13H13NO6S/c1-8-6-9(13(15)16)12(10(7-8)19-2)14-21(17,18)11-4-3-5-20-11/h3-7,14H,1-2H3,(H,15,16). The van der Waals surface area contributed by atoms with Crippen molar-refractivity contribution >= 4 is 21.7 Å². The van der Waals surface area contributed by atoms with E-state index >= 15 is 0 Å². The van der Waals surface area contributed by atoms with Gasteiger partial charge in [0, 0.05) is 0 Å². The lowest BCUT2D eigenvalue weighted by molar-refractivity contribution is 0.0697. The number of furan rings is 1. The molecule has 0 atom stereocenters. The second kappa shape index (κ2) is 5.49. The summed E-state index contributed by atoms with van der Waals surface area (Å²) < 4.78 is 36.4. The van der Waals surface area contributed by atoms with Gasteiger partial charge in [-0.25, -0.2) is 4.79 Å². The molecular formula is C13H13NO6S. The summed E-state index contributed by atoms with van der Waals surface area (Å²) in [5.74, 6) is -1.16. The predicted molar refractivity (Wildman–Crippen MR) is 74.2 cm³/mol. The fourth-order valence-corrected chi connectivity index (χ4v) is 2.81. The largest absolute Gasteiger partial charge is 0.495 e. The Kier molecular flexibility index (Phi) is 3.90. The van der Waals surface area contributed by atoms with Crippen molar-refractivity contribution in [1.82, 2.24) is 0 Å². The number of rotatable bonds is 5. The van der Waals surface area contributed by atoms with Gasteiger partial charge >= 0.3 is 5.97 Å². The number of ether oxygens (including phenoxy) is 1. The monoisotopic (exact) mass is 311 g/mol. The lowest BCUT2D eigenvalue weighted by atomic mass is 10.1. The highest BCUT2D eigenvalue weighted by atomic mass is 32.2. The van der Waals surface area contributed by atoms with Gasteiger partial charge < -0.3 is 14.3 Å². The van der Waals surface area contributed by atoms with Crippen molar-refractivity contribution in [3.05, 3.63) is 41.7 Å². The van der Waals surface area contributed by atoms with Crippen molar-refractivity contribution in [2.45, 2.75) is 12.0 Å². The quantitative estimate of drug-likeness (QED) is 0.876. The molecule has 0 aliphatic rings. The zero-order valence-electron chi connectivity index (χ0n) is 11.3. The van der Waals surface area contributed by atoms with E-state index in [1.165, 1.54) is 37.6 Å². The molecule has 0 bridgehead atoms. The van der Waals surface area contributed by atoms with E-state index in [-0.39, 0.29) is 22.1 Å². The van der Waals surface area contributed by atoms with Crippen LogP contribution in [0.4, 0.5) is 5.69 Å². The van der Waals surface area contributed by atoms with E-state index in [4.69, 9.17) is 9.15 Å². The van der Waals surface area contributed by atoms with Gasteiger partial charge in [0.25, 0.3) is 10.0 Å². The van der Waals surface area contributed by atoms with E-state index < -0.39 is 16.0 Å². The van der Waals surface area contributed by atoms with Crippen molar-refractivity contribution < 1.29 is 27.5 Å². The molecule has 112 valence electrons. The average molecular weight is 311 g/mol. The Labute approximate surface area is 121 Å². The Bertz CT molecular complexity index is 764. The number of methoxy groups -OCH3 is 1. The summed E-state index contributed by atoms with van der Waals surface area (Å²) in [5.41, 5.74) is 0.277. The molecule has 0 radical (unpaired) electrons. The number of hydrogen-bond donors (Lipinski definition) is 2. The van der Waals surface area contributed by atoms with E-state index in [0.29, 0.717) is 5.56 Å². The van der Waals surface area contributed by atoms with Gasteiger partial charge in [-0.15, -0.1) is 0 Å². The normalized spacial score (nSPS) is 11.1. The van der Waals surface area contributed by atoms with Crippen LogP contribution in [0.3, 0.4) is 0 Å². The molecule has 0 saturated heterocycles. The number of carbonyl (C=O) groups is 1. The van der Waals surface area contributed by atoms with Gasteiger partial charge in [-0.2, -0.15) is 8.42 Å². The number of hydrogen-bond acceptors (Lipinski definition) is 5. The summed E-state index contributed by atoms with van der Waals surface area (Å²) in [7, 11) is -2.71. The molecule has 0 saturated carbocycles. The molecule has 2 N–H and O–H groups in total. The Morgan fingerprint density at radius 3 is 2.62 bits per heavy atom. The fourth-order valence-electron chi connectivity index (χ4n) is 1.79. The molecule has 0 aliphatic heterocycles. The minimum atomic E-state index is -4.03. The van der Waals surface area contributed by atoms with Gasteiger partial charge in [0.15, 0.2) is 0 Å². The Balaban J connectivity index is 2.56.